The fourth-order valence-electron chi connectivity index (χ4n) is 3.35. The standard InChI is InChI=1S/C24H50O6Si2/c1-17-14-21(27)29-22(17)20(26)15-18(25)12-13-19(30-32(10,11)24(5,6)7)16-28-31(8,9)23(2,3)4/h17-20,22,25-26H,12-16H2,1-11H3/t17-,18-,19+,20-,22?/m0/s1. The Kier molecular flexibility index (Phi) is 10.2. The van der Waals surface area contributed by atoms with E-state index >= 15 is 0 Å². The number of esters is 1. The maximum atomic E-state index is 11.5. The van der Waals surface area contributed by atoms with E-state index in [1.165, 1.54) is 0 Å². The number of aliphatic hydroxyl groups is 2. The summed E-state index contributed by atoms with van der Waals surface area (Å²) in [6, 6.07) is 0. The Hall–Kier alpha value is -0.256. The number of aliphatic hydroxyl groups excluding tert-OH is 2. The molecule has 1 fully saturated rings. The van der Waals surface area contributed by atoms with Crippen LogP contribution in [-0.4, -0.2) is 63.8 Å². The van der Waals surface area contributed by atoms with Crippen molar-refractivity contribution in [3.8, 4) is 0 Å². The van der Waals surface area contributed by atoms with Crippen LogP contribution in [0.1, 0.15) is 74.1 Å². The lowest BCUT2D eigenvalue weighted by molar-refractivity contribution is -0.146. The van der Waals surface area contributed by atoms with Gasteiger partial charge in [0.2, 0.25) is 0 Å². The van der Waals surface area contributed by atoms with Crippen LogP contribution in [0.5, 0.6) is 0 Å². The summed E-state index contributed by atoms with van der Waals surface area (Å²) in [6.07, 6.45) is -0.479. The highest BCUT2D eigenvalue weighted by Gasteiger charge is 2.42. The van der Waals surface area contributed by atoms with Crippen molar-refractivity contribution in [2.75, 3.05) is 6.61 Å². The van der Waals surface area contributed by atoms with Crippen molar-refractivity contribution in [2.45, 2.75) is 135 Å². The molecule has 1 unspecified atom stereocenters. The van der Waals surface area contributed by atoms with Gasteiger partial charge < -0.3 is 23.8 Å². The van der Waals surface area contributed by atoms with Gasteiger partial charge in [-0.3, -0.25) is 4.79 Å². The fourth-order valence-corrected chi connectivity index (χ4v) is 5.76. The molecular formula is C24H50O6Si2. The Morgan fingerprint density at radius 3 is 1.97 bits per heavy atom. The summed E-state index contributed by atoms with van der Waals surface area (Å²) in [5.74, 6) is -0.306. The maximum absolute atomic E-state index is 11.5. The number of carbonyl (C=O) groups excluding carboxylic acids is 1. The minimum absolute atomic E-state index is 0.0302. The normalized spacial score (nSPS) is 23.7. The van der Waals surface area contributed by atoms with Crippen LogP contribution in [0.4, 0.5) is 0 Å². The van der Waals surface area contributed by atoms with Gasteiger partial charge in [0.05, 0.1) is 31.3 Å². The zero-order valence-electron chi connectivity index (χ0n) is 22.4. The molecule has 1 heterocycles. The Balaban J connectivity index is 2.76. The number of hydrogen-bond acceptors (Lipinski definition) is 6. The van der Waals surface area contributed by atoms with Gasteiger partial charge in [0.15, 0.2) is 16.6 Å². The molecule has 1 saturated heterocycles. The average Bonchev–Trinajstić information content (AvgIpc) is 2.93. The summed E-state index contributed by atoms with van der Waals surface area (Å²) >= 11 is 0. The summed E-state index contributed by atoms with van der Waals surface area (Å²) in [6.45, 7) is 24.7. The Bertz CT molecular complexity index is 609. The van der Waals surface area contributed by atoms with E-state index in [0.717, 1.165) is 0 Å². The van der Waals surface area contributed by atoms with E-state index in [1.807, 2.05) is 6.92 Å². The molecule has 0 aliphatic carbocycles. The van der Waals surface area contributed by atoms with E-state index in [4.69, 9.17) is 13.6 Å². The van der Waals surface area contributed by atoms with Crippen molar-refractivity contribution in [2.24, 2.45) is 5.92 Å². The van der Waals surface area contributed by atoms with Crippen LogP contribution in [0.2, 0.25) is 36.3 Å². The number of rotatable bonds is 11. The summed E-state index contributed by atoms with van der Waals surface area (Å²) in [5, 5.41) is 21.3. The van der Waals surface area contributed by atoms with E-state index in [0.29, 0.717) is 25.9 Å². The highest BCUT2D eigenvalue weighted by molar-refractivity contribution is 6.74. The van der Waals surface area contributed by atoms with Crippen LogP contribution in [0, 0.1) is 5.92 Å². The number of cyclic esters (lactones) is 1. The third-order valence-corrected chi connectivity index (χ3v) is 16.8. The van der Waals surface area contributed by atoms with Gasteiger partial charge in [-0.2, -0.15) is 0 Å². The largest absolute Gasteiger partial charge is 0.459 e. The molecule has 0 spiro atoms. The lowest BCUT2D eigenvalue weighted by Crippen LogP contribution is -2.48. The quantitative estimate of drug-likeness (QED) is 0.304. The molecule has 8 heteroatoms. The van der Waals surface area contributed by atoms with Gasteiger partial charge in [0.1, 0.15) is 6.10 Å². The first-order valence-corrected chi connectivity index (χ1v) is 18.0. The molecule has 1 rings (SSSR count). The Morgan fingerprint density at radius 2 is 1.53 bits per heavy atom. The van der Waals surface area contributed by atoms with Crippen LogP contribution in [0.25, 0.3) is 0 Å². The van der Waals surface area contributed by atoms with Crippen molar-refractivity contribution < 1.29 is 28.6 Å². The monoisotopic (exact) mass is 490 g/mol. The third-order valence-electron chi connectivity index (χ3n) is 7.74. The van der Waals surface area contributed by atoms with Crippen LogP contribution in [-0.2, 0) is 18.4 Å². The van der Waals surface area contributed by atoms with Gasteiger partial charge in [0, 0.05) is 12.3 Å². The van der Waals surface area contributed by atoms with E-state index < -0.39 is 34.9 Å². The first-order valence-electron chi connectivity index (χ1n) is 12.1. The van der Waals surface area contributed by atoms with Gasteiger partial charge in [-0.25, -0.2) is 0 Å². The van der Waals surface area contributed by atoms with Gasteiger partial charge in [-0.1, -0.05) is 48.5 Å². The maximum Gasteiger partial charge on any atom is 0.306 e. The molecule has 6 nitrogen and oxygen atoms in total. The smallest absolute Gasteiger partial charge is 0.306 e. The van der Waals surface area contributed by atoms with Crippen LogP contribution in [0.15, 0.2) is 0 Å². The highest BCUT2D eigenvalue weighted by Crippen LogP contribution is 2.39. The van der Waals surface area contributed by atoms with Crippen LogP contribution in [0.3, 0.4) is 0 Å². The topological polar surface area (TPSA) is 85.2 Å². The van der Waals surface area contributed by atoms with Gasteiger partial charge in [-0.05, 0) is 49.1 Å². The summed E-state index contributed by atoms with van der Waals surface area (Å²) in [5.41, 5.74) is 0. The lowest BCUT2D eigenvalue weighted by Gasteiger charge is -2.41. The molecule has 0 aromatic rings. The van der Waals surface area contributed by atoms with E-state index in [1.54, 1.807) is 0 Å². The van der Waals surface area contributed by atoms with Crippen molar-refractivity contribution in [3.63, 3.8) is 0 Å². The predicted octanol–water partition coefficient (Wildman–Crippen LogP) is 5.24. The number of hydrogen-bond donors (Lipinski definition) is 2. The summed E-state index contributed by atoms with van der Waals surface area (Å²) in [4.78, 5) is 11.5. The van der Waals surface area contributed by atoms with Gasteiger partial charge in [0.25, 0.3) is 0 Å². The van der Waals surface area contributed by atoms with E-state index in [9.17, 15) is 15.0 Å². The van der Waals surface area contributed by atoms with Gasteiger partial charge >= 0.3 is 5.97 Å². The minimum atomic E-state index is -2.01. The van der Waals surface area contributed by atoms with E-state index in [2.05, 4.69) is 67.7 Å². The Labute approximate surface area is 198 Å². The second-order valence-corrected chi connectivity index (χ2v) is 22.3. The molecule has 0 saturated carbocycles. The van der Waals surface area contributed by atoms with Gasteiger partial charge in [-0.15, -0.1) is 0 Å². The molecule has 0 amide bonds. The lowest BCUT2D eigenvalue weighted by atomic mass is 9.94. The zero-order chi connectivity index (χ0) is 25.1. The summed E-state index contributed by atoms with van der Waals surface area (Å²) in [7, 11) is -3.92. The fraction of sp³-hybridized carbons (Fsp3) is 0.958. The molecule has 32 heavy (non-hydrogen) atoms. The molecule has 0 bridgehead atoms. The second kappa shape index (κ2) is 11.0. The van der Waals surface area contributed by atoms with Crippen molar-refractivity contribution in [1.29, 1.82) is 0 Å². The molecule has 1 aliphatic rings. The minimum Gasteiger partial charge on any atom is -0.459 e. The van der Waals surface area contributed by atoms with Crippen molar-refractivity contribution in [3.05, 3.63) is 0 Å². The second-order valence-electron chi connectivity index (χ2n) is 12.7. The first-order chi connectivity index (χ1) is 14.3. The molecular weight excluding hydrogens is 440 g/mol. The average molecular weight is 491 g/mol. The number of carbonyl (C=O) groups is 1. The zero-order valence-corrected chi connectivity index (χ0v) is 24.4. The summed E-state index contributed by atoms with van der Waals surface area (Å²) < 4.78 is 18.4. The molecule has 2 N–H and O–H groups in total. The number of ether oxygens (including phenoxy) is 1. The highest BCUT2D eigenvalue weighted by atomic mass is 28.4. The molecule has 0 aromatic carbocycles. The van der Waals surface area contributed by atoms with Crippen LogP contribution >= 0.6 is 0 Å². The molecule has 1 aliphatic heterocycles. The first kappa shape index (κ1) is 29.8. The molecule has 0 aromatic heterocycles. The van der Waals surface area contributed by atoms with E-state index in [-0.39, 0.29) is 34.5 Å². The van der Waals surface area contributed by atoms with Crippen molar-refractivity contribution >= 4 is 22.6 Å². The Morgan fingerprint density at radius 1 is 1.00 bits per heavy atom. The predicted molar refractivity (Wildman–Crippen MR) is 135 cm³/mol. The third kappa shape index (κ3) is 8.51. The van der Waals surface area contributed by atoms with Crippen LogP contribution < -0.4 is 0 Å². The molecule has 190 valence electrons. The molecule has 5 atom stereocenters. The molecule has 0 radical (unpaired) electrons. The SMILES string of the molecule is C[C@H]1CC(=O)OC1[C@@H](O)C[C@@H](O)CC[C@H](CO[Si](C)(C)C(C)(C)C)O[Si](C)(C)C(C)(C)C. The van der Waals surface area contributed by atoms with Crippen molar-refractivity contribution in [1.82, 2.24) is 0 Å².